The number of nitrogens with one attached hydrogen (secondary N) is 3. The van der Waals surface area contributed by atoms with E-state index in [0.717, 1.165) is 24.2 Å². The summed E-state index contributed by atoms with van der Waals surface area (Å²) in [6.45, 7) is 5.36. The van der Waals surface area contributed by atoms with Crippen molar-refractivity contribution in [3.05, 3.63) is 29.3 Å². The van der Waals surface area contributed by atoms with E-state index in [2.05, 4.69) is 45.5 Å². The Bertz CT molecular complexity index is 744. The molecule has 158 valence electrons. The molecule has 0 unspecified atom stereocenters. The lowest BCUT2D eigenvalue weighted by Gasteiger charge is -2.18. The molecule has 0 heterocycles. The van der Waals surface area contributed by atoms with Crippen LogP contribution in [0.5, 0.6) is 5.75 Å². The molecule has 28 heavy (non-hydrogen) atoms. The highest BCUT2D eigenvalue weighted by atomic mass is 32.2. The summed E-state index contributed by atoms with van der Waals surface area (Å²) in [6.07, 6.45) is 5.76. The number of ether oxygens (including phenoxy) is 1. The second-order valence-corrected chi connectivity index (χ2v) is 9.23. The summed E-state index contributed by atoms with van der Waals surface area (Å²) in [5, 5.41) is 6.52. The standard InChI is InChI=1S/C20H34N4O3S/c1-4-28(25,26)24-13-7-12-22-20(21-3)23-15-17-11-10-16(2)14-19(17)27-18-8-5-6-9-18/h10-11,14,18,24H,4-9,12-13,15H2,1-3H3,(H2,21,22,23). The topological polar surface area (TPSA) is 91.8 Å². The van der Waals surface area contributed by atoms with Crippen molar-refractivity contribution in [2.75, 3.05) is 25.9 Å². The number of rotatable bonds is 10. The zero-order valence-corrected chi connectivity index (χ0v) is 18.1. The van der Waals surface area contributed by atoms with Crippen LogP contribution in [0.15, 0.2) is 23.2 Å². The van der Waals surface area contributed by atoms with Crippen LogP contribution in [0.2, 0.25) is 0 Å². The zero-order chi connectivity index (χ0) is 20.4. The maximum absolute atomic E-state index is 11.4. The number of guanidine groups is 1. The molecule has 0 aliphatic heterocycles. The molecule has 1 aliphatic rings. The van der Waals surface area contributed by atoms with Gasteiger partial charge in [0.15, 0.2) is 5.96 Å². The fourth-order valence-electron chi connectivity index (χ4n) is 3.13. The number of benzene rings is 1. The van der Waals surface area contributed by atoms with Gasteiger partial charge in [-0.15, -0.1) is 0 Å². The average Bonchev–Trinajstić information content (AvgIpc) is 3.18. The van der Waals surface area contributed by atoms with Crippen molar-refractivity contribution >= 4 is 16.0 Å². The summed E-state index contributed by atoms with van der Waals surface area (Å²) in [7, 11) is -1.41. The molecule has 0 saturated heterocycles. The van der Waals surface area contributed by atoms with E-state index < -0.39 is 10.0 Å². The molecule has 1 aromatic carbocycles. The Hall–Kier alpha value is -1.80. The van der Waals surface area contributed by atoms with Crippen LogP contribution in [0.4, 0.5) is 0 Å². The molecule has 0 radical (unpaired) electrons. The van der Waals surface area contributed by atoms with Gasteiger partial charge < -0.3 is 15.4 Å². The van der Waals surface area contributed by atoms with E-state index in [1.54, 1.807) is 14.0 Å². The third kappa shape index (κ3) is 7.67. The van der Waals surface area contributed by atoms with Gasteiger partial charge in [-0.1, -0.05) is 12.1 Å². The van der Waals surface area contributed by atoms with E-state index in [0.29, 0.717) is 38.1 Å². The second kappa shape index (κ2) is 11.3. The summed E-state index contributed by atoms with van der Waals surface area (Å²) in [6, 6.07) is 6.29. The SMILES string of the molecule is CCS(=O)(=O)NCCCNC(=NC)NCc1ccc(C)cc1OC1CCCC1. The molecular weight excluding hydrogens is 376 g/mol. The average molecular weight is 411 g/mol. The Labute approximate surface area is 169 Å². The molecule has 0 atom stereocenters. The minimum atomic E-state index is -3.13. The fourth-order valence-corrected chi connectivity index (χ4v) is 3.79. The highest BCUT2D eigenvalue weighted by Gasteiger charge is 2.18. The molecule has 0 aromatic heterocycles. The molecule has 7 nitrogen and oxygen atoms in total. The smallest absolute Gasteiger partial charge is 0.211 e. The van der Waals surface area contributed by atoms with Gasteiger partial charge in [0.25, 0.3) is 0 Å². The largest absolute Gasteiger partial charge is 0.490 e. The lowest BCUT2D eigenvalue weighted by atomic mass is 10.1. The summed E-state index contributed by atoms with van der Waals surface area (Å²) in [4.78, 5) is 4.23. The Morgan fingerprint density at radius 3 is 2.64 bits per heavy atom. The molecular formula is C20H34N4O3S. The normalized spacial score (nSPS) is 15.6. The molecule has 2 rings (SSSR count). The maximum Gasteiger partial charge on any atom is 0.211 e. The number of aliphatic imine (C=N–C) groups is 1. The van der Waals surface area contributed by atoms with Crippen LogP contribution in [0.1, 0.15) is 50.2 Å². The van der Waals surface area contributed by atoms with Crippen molar-refractivity contribution in [2.45, 2.75) is 58.6 Å². The minimum absolute atomic E-state index is 0.103. The summed E-state index contributed by atoms with van der Waals surface area (Å²) < 4.78 is 31.6. The van der Waals surface area contributed by atoms with Gasteiger partial charge in [-0.2, -0.15) is 0 Å². The van der Waals surface area contributed by atoms with Crippen molar-refractivity contribution in [1.82, 2.24) is 15.4 Å². The third-order valence-corrected chi connectivity index (χ3v) is 6.24. The highest BCUT2D eigenvalue weighted by molar-refractivity contribution is 7.89. The van der Waals surface area contributed by atoms with Crippen molar-refractivity contribution < 1.29 is 13.2 Å². The van der Waals surface area contributed by atoms with Gasteiger partial charge in [-0.05, 0) is 57.6 Å². The van der Waals surface area contributed by atoms with Gasteiger partial charge in [-0.3, -0.25) is 4.99 Å². The first-order valence-corrected chi connectivity index (χ1v) is 11.8. The quantitative estimate of drug-likeness (QED) is 0.313. The molecule has 1 aromatic rings. The Morgan fingerprint density at radius 2 is 1.96 bits per heavy atom. The minimum Gasteiger partial charge on any atom is -0.490 e. The van der Waals surface area contributed by atoms with Gasteiger partial charge in [0, 0.05) is 32.2 Å². The number of hydrogen-bond donors (Lipinski definition) is 3. The first-order valence-electron chi connectivity index (χ1n) is 10.1. The van der Waals surface area contributed by atoms with Gasteiger partial charge in [0.1, 0.15) is 5.75 Å². The van der Waals surface area contributed by atoms with Crippen molar-refractivity contribution in [3.8, 4) is 5.75 Å². The van der Waals surface area contributed by atoms with E-state index in [9.17, 15) is 8.42 Å². The summed E-state index contributed by atoms with van der Waals surface area (Å²) in [5.41, 5.74) is 2.30. The first kappa shape index (κ1) is 22.5. The van der Waals surface area contributed by atoms with E-state index in [1.165, 1.54) is 18.4 Å². The lowest BCUT2D eigenvalue weighted by Crippen LogP contribution is -2.38. The number of nitrogens with zero attached hydrogens (tertiary/aromatic N) is 1. The van der Waals surface area contributed by atoms with Crippen molar-refractivity contribution in [3.63, 3.8) is 0 Å². The van der Waals surface area contributed by atoms with Crippen LogP contribution in [-0.2, 0) is 16.6 Å². The number of hydrogen-bond acceptors (Lipinski definition) is 4. The van der Waals surface area contributed by atoms with Crippen LogP contribution >= 0.6 is 0 Å². The van der Waals surface area contributed by atoms with Gasteiger partial charge in [0.2, 0.25) is 10.0 Å². The molecule has 1 aliphatic carbocycles. The molecule has 0 spiro atoms. The number of aryl methyl sites for hydroxylation is 1. The van der Waals surface area contributed by atoms with Crippen LogP contribution < -0.4 is 20.1 Å². The van der Waals surface area contributed by atoms with E-state index in [1.807, 2.05) is 0 Å². The van der Waals surface area contributed by atoms with E-state index in [-0.39, 0.29) is 5.75 Å². The van der Waals surface area contributed by atoms with E-state index >= 15 is 0 Å². The molecule has 0 bridgehead atoms. The van der Waals surface area contributed by atoms with Gasteiger partial charge in [-0.25, -0.2) is 13.1 Å². The predicted molar refractivity (Wildman–Crippen MR) is 114 cm³/mol. The molecule has 3 N–H and O–H groups in total. The third-order valence-electron chi connectivity index (χ3n) is 4.84. The van der Waals surface area contributed by atoms with Gasteiger partial charge >= 0.3 is 0 Å². The van der Waals surface area contributed by atoms with Crippen LogP contribution in [0.3, 0.4) is 0 Å². The van der Waals surface area contributed by atoms with Gasteiger partial charge in [0.05, 0.1) is 11.9 Å². The van der Waals surface area contributed by atoms with Crippen LogP contribution in [0.25, 0.3) is 0 Å². The second-order valence-electron chi connectivity index (χ2n) is 7.14. The molecule has 1 fully saturated rings. The Morgan fingerprint density at radius 1 is 1.21 bits per heavy atom. The van der Waals surface area contributed by atoms with Crippen molar-refractivity contribution in [1.29, 1.82) is 0 Å². The Kier molecular flexibility index (Phi) is 9.05. The maximum atomic E-state index is 11.4. The fraction of sp³-hybridized carbons (Fsp3) is 0.650. The predicted octanol–water partition coefficient (Wildman–Crippen LogP) is 2.31. The molecule has 8 heteroatoms. The zero-order valence-electron chi connectivity index (χ0n) is 17.3. The van der Waals surface area contributed by atoms with E-state index in [4.69, 9.17) is 4.74 Å². The molecule has 1 saturated carbocycles. The molecule has 0 amide bonds. The first-order chi connectivity index (χ1) is 13.4. The van der Waals surface area contributed by atoms with Crippen LogP contribution in [-0.4, -0.2) is 46.4 Å². The number of sulfonamides is 1. The highest BCUT2D eigenvalue weighted by Crippen LogP contribution is 2.27. The lowest BCUT2D eigenvalue weighted by molar-refractivity contribution is 0.207. The Balaban J connectivity index is 1.81. The summed E-state index contributed by atoms with van der Waals surface area (Å²) >= 11 is 0. The monoisotopic (exact) mass is 410 g/mol. The van der Waals surface area contributed by atoms with Crippen molar-refractivity contribution in [2.24, 2.45) is 4.99 Å². The summed E-state index contributed by atoms with van der Waals surface area (Å²) in [5.74, 6) is 1.74. The van der Waals surface area contributed by atoms with Crippen LogP contribution in [0, 0.1) is 6.92 Å².